The van der Waals surface area contributed by atoms with E-state index in [0.717, 1.165) is 12.1 Å². The van der Waals surface area contributed by atoms with Gasteiger partial charge in [0.05, 0.1) is 5.69 Å². The smallest absolute Gasteiger partial charge is 0.265 e. The number of nitrogens with one attached hydrogen (secondary N) is 2. The number of amides is 3. The van der Waals surface area contributed by atoms with Crippen molar-refractivity contribution in [2.75, 3.05) is 22.1 Å². The zero-order chi connectivity index (χ0) is 19.0. The first-order valence-electron chi connectivity index (χ1n) is 8.84. The van der Waals surface area contributed by atoms with Gasteiger partial charge >= 0.3 is 0 Å². The largest absolute Gasteiger partial charge is 0.479 e. The number of rotatable bonds is 3. The van der Waals surface area contributed by atoms with Gasteiger partial charge in [0.25, 0.3) is 11.8 Å². The molecule has 4 rings (SSSR count). The molecule has 3 amide bonds. The molecule has 2 N–H and O–H groups in total. The first-order valence-corrected chi connectivity index (χ1v) is 8.84. The van der Waals surface area contributed by atoms with E-state index in [4.69, 9.17) is 4.74 Å². The number of anilines is 3. The van der Waals surface area contributed by atoms with Crippen LogP contribution in [0.25, 0.3) is 0 Å². The molecule has 0 aromatic heterocycles. The Kier molecular flexibility index (Phi) is 4.27. The highest BCUT2D eigenvalue weighted by Gasteiger charge is 2.24. The minimum absolute atomic E-state index is 0.0761. The molecule has 0 radical (unpaired) electrons. The summed E-state index contributed by atoms with van der Waals surface area (Å²) in [5, 5.41) is 5.57. The van der Waals surface area contributed by atoms with E-state index >= 15 is 0 Å². The first kappa shape index (κ1) is 17.1. The second kappa shape index (κ2) is 6.75. The van der Waals surface area contributed by atoms with Crippen LogP contribution in [0.5, 0.6) is 5.75 Å². The molecule has 0 bridgehead atoms. The van der Waals surface area contributed by atoms with Gasteiger partial charge in [-0.05, 0) is 49.7 Å². The van der Waals surface area contributed by atoms with E-state index in [1.54, 1.807) is 48.2 Å². The van der Waals surface area contributed by atoms with Gasteiger partial charge in [-0.2, -0.15) is 0 Å². The predicted octanol–water partition coefficient (Wildman–Crippen LogP) is 2.79. The average Bonchev–Trinajstić information content (AvgIpc) is 3.09. The SMILES string of the molecule is CC1Oc2ccc(NC(=O)c3cccc(N4CCCC4=O)c3)cc2NC1=O. The molecule has 2 aromatic rings. The van der Waals surface area contributed by atoms with E-state index in [1.165, 1.54) is 0 Å². The maximum atomic E-state index is 12.6. The lowest BCUT2D eigenvalue weighted by molar-refractivity contribution is -0.122. The van der Waals surface area contributed by atoms with Crippen LogP contribution in [0.1, 0.15) is 30.1 Å². The number of carbonyl (C=O) groups excluding carboxylic acids is 3. The molecule has 0 aliphatic carbocycles. The van der Waals surface area contributed by atoms with Crippen LogP contribution in [0.2, 0.25) is 0 Å². The summed E-state index contributed by atoms with van der Waals surface area (Å²) in [6.45, 7) is 2.35. The zero-order valence-electron chi connectivity index (χ0n) is 14.8. The van der Waals surface area contributed by atoms with E-state index in [2.05, 4.69) is 10.6 Å². The van der Waals surface area contributed by atoms with Gasteiger partial charge in [-0.1, -0.05) is 6.07 Å². The summed E-state index contributed by atoms with van der Waals surface area (Å²) in [6.07, 6.45) is 0.823. The van der Waals surface area contributed by atoms with Crippen LogP contribution in [0.3, 0.4) is 0 Å². The normalized spacial score (nSPS) is 18.6. The Morgan fingerprint density at radius 3 is 2.85 bits per heavy atom. The summed E-state index contributed by atoms with van der Waals surface area (Å²) in [5.74, 6) is 0.121. The highest BCUT2D eigenvalue weighted by atomic mass is 16.5. The third kappa shape index (κ3) is 3.36. The number of fused-ring (bicyclic) bond motifs is 1. The molecular formula is C20H19N3O4. The van der Waals surface area contributed by atoms with E-state index in [0.29, 0.717) is 35.7 Å². The Labute approximate surface area is 156 Å². The fourth-order valence-electron chi connectivity index (χ4n) is 3.23. The van der Waals surface area contributed by atoms with Crippen LogP contribution in [0, 0.1) is 0 Å². The van der Waals surface area contributed by atoms with Gasteiger partial charge < -0.3 is 20.3 Å². The number of hydrogen-bond donors (Lipinski definition) is 2. The van der Waals surface area contributed by atoms with Crippen molar-refractivity contribution in [3.05, 3.63) is 48.0 Å². The molecule has 1 unspecified atom stereocenters. The van der Waals surface area contributed by atoms with Crippen LogP contribution in [-0.2, 0) is 9.59 Å². The van der Waals surface area contributed by atoms with Crippen LogP contribution < -0.4 is 20.3 Å². The van der Waals surface area contributed by atoms with Gasteiger partial charge in [-0.15, -0.1) is 0 Å². The molecule has 7 nitrogen and oxygen atoms in total. The summed E-state index contributed by atoms with van der Waals surface area (Å²) in [6, 6.07) is 12.1. The van der Waals surface area contributed by atoms with Crippen LogP contribution in [-0.4, -0.2) is 30.4 Å². The minimum atomic E-state index is -0.547. The lowest BCUT2D eigenvalue weighted by Gasteiger charge is -2.23. The van der Waals surface area contributed by atoms with Crippen molar-refractivity contribution in [1.82, 2.24) is 0 Å². The van der Waals surface area contributed by atoms with Gasteiger partial charge in [0.15, 0.2) is 6.10 Å². The third-order valence-electron chi connectivity index (χ3n) is 4.66. The highest BCUT2D eigenvalue weighted by Crippen LogP contribution is 2.32. The fraction of sp³-hybridized carbons (Fsp3) is 0.250. The van der Waals surface area contributed by atoms with E-state index in [-0.39, 0.29) is 17.7 Å². The molecule has 1 fully saturated rings. The molecule has 1 atom stereocenters. The maximum absolute atomic E-state index is 12.6. The van der Waals surface area contributed by atoms with Crippen molar-refractivity contribution in [2.45, 2.75) is 25.9 Å². The van der Waals surface area contributed by atoms with Gasteiger partial charge in [0, 0.05) is 29.9 Å². The van der Waals surface area contributed by atoms with Gasteiger partial charge in [-0.3, -0.25) is 14.4 Å². The topological polar surface area (TPSA) is 87.7 Å². The molecule has 0 spiro atoms. The molecule has 138 valence electrons. The van der Waals surface area contributed by atoms with Gasteiger partial charge in [-0.25, -0.2) is 0 Å². The Bertz CT molecular complexity index is 941. The molecule has 0 saturated carbocycles. The Hall–Kier alpha value is -3.35. The molecule has 2 aliphatic rings. The molecule has 27 heavy (non-hydrogen) atoms. The monoisotopic (exact) mass is 365 g/mol. The van der Waals surface area contributed by atoms with Crippen LogP contribution in [0.15, 0.2) is 42.5 Å². The summed E-state index contributed by atoms with van der Waals surface area (Å²) in [7, 11) is 0. The van der Waals surface area contributed by atoms with Crippen molar-refractivity contribution in [1.29, 1.82) is 0 Å². The molecular weight excluding hydrogens is 346 g/mol. The van der Waals surface area contributed by atoms with Crippen molar-refractivity contribution < 1.29 is 19.1 Å². The lowest BCUT2D eigenvalue weighted by Crippen LogP contribution is -2.34. The molecule has 7 heteroatoms. The number of nitrogens with zero attached hydrogens (tertiary/aromatic N) is 1. The molecule has 1 saturated heterocycles. The second-order valence-corrected chi connectivity index (χ2v) is 6.61. The van der Waals surface area contributed by atoms with Crippen LogP contribution in [0.4, 0.5) is 17.1 Å². The van der Waals surface area contributed by atoms with Crippen molar-refractivity contribution in [3.63, 3.8) is 0 Å². The maximum Gasteiger partial charge on any atom is 0.265 e. The molecule has 2 aromatic carbocycles. The first-order chi connectivity index (χ1) is 13.0. The molecule has 2 aliphatic heterocycles. The number of hydrogen-bond acceptors (Lipinski definition) is 4. The Morgan fingerprint density at radius 2 is 2.07 bits per heavy atom. The molecule has 2 heterocycles. The van der Waals surface area contributed by atoms with E-state index in [1.807, 2.05) is 6.07 Å². The Balaban J connectivity index is 1.52. The highest BCUT2D eigenvalue weighted by molar-refractivity contribution is 6.06. The number of benzene rings is 2. The number of carbonyl (C=O) groups is 3. The van der Waals surface area contributed by atoms with Crippen molar-refractivity contribution >= 4 is 34.8 Å². The standard InChI is InChI=1S/C20H19N3O4/c1-12-19(25)22-16-11-14(7-8-17(16)27-12)21-20(26)13-4-2-5-15(10-13)23-9-3-6-18(23)24/h2,4-5,7-8,10-12H,3,6,9H2,1H3,(H,21,26)(H,22,25). The van der Waals surface area contributed by atoms with E-state index < -0.39 is 6.10 Å². The zero-order valence-corrected chi connectivity index (χ0v) is 14.8. The summed E-state index contributed by atoms with van der Waals surface area (Å²) in [4.78, 5) is 38.0. The minimum Gasteiger partial charge on any atom is -0.479 e. The Morgan fingerprint density at radius 1 is 1.22 bits per heavy atom. The third-order valence-corrected chi connectivity index (χ3v) is 4.66. The predicted molar refractivity (Wildman–Crippen MR) is 101 cm³/mol. The van der Waals surface area contributed by atoms with Crippen LogP contribution >= 0.6 is 0 Å². The summed E-state index contributed by atoms with van der Waals surface area (Å²) >= 11 is 0. The fourth-order valence-corrected chi connectivity index (χ4v) is 3.23. The van der Waals surface area contributed by atoms with Gasteiger partial charge in [0.2, 0.25) is 5.91 Å². The van der Waals surface area contributed by atoms with Crippen molar-refractivity contribution in [3.8, 4) is 5.75 Å². The quantitative estimate of drug-likeness (QED) is 0.876. The second-order valence-electron chi connectivity index (χ2n) is 6.61. The summed E-state index contributed by atoms with van der Waals surface area (Å²) in [5.41, 5.74) is 2.25. The van der Waals surface area contributed by atoms with Gasteiger partial charge in [0.1, 0.15) is 5.75 Å². The van der Waals surface area contributed by atoms with Crippen molar-refractivity contribution in [2.24, 2.45) is 0 Å². The summed E-state index contributed by atoms with van der Waals surface area (Å²) < 4.78 is 5.51. The van der Waals surface area contributed by atoms with E-state index in [9.17, 15) is 14.4 Å². The lowest BCUT2D eigenvalue weighted by atomic mass is 10.1. The number of ether oxygens (including phenoxy) is 1. The average molecular weight is 365 g/mol.